The van der Waals surface area contributed by atoms with Crippen LogP contribution < -0.4 is 59.1 Å². The monoisotopic (exact) mass is 126 g/mol. The minimum atomic E-state index is 0. The van der Waals surface area contributed by atoms with E-state index in [1.165, 1.54) is 0 Å². The van der Waals surface area contributed by atoms with Gasteiger partial charge in [0.1, 0.15) is 0 Å². The van der Waals surface area contributed by atoms with Gasteiger partial charge in [-0.25, -0.2) is 0 Å². The molecule has 0 bridgehead atoms. The van der Waals surface area contributed by atoms with Crippen molar-refractivity contribution in [2.24, 2.45) is 0 Å². The molecule has 0 aromatic heterocycles. The summed E-state index contributed by atoms with van der Waals surface area (Å²) in [6.07, 6.45) is 0. The van der Waals surface area contributed by atoms with Crippen LogP contribution in [0.4, 0.5) is 0 Å². The second-order valence-electron chi connectivity index (χ2n) is 0.0680. The molecule has 0 rings (SSSR count). The summed E-state index contributed by atoms with van der Waals surface area (Å²) < 4.78 is 3.42. The number of hydrogen-bond donors (Lipinski definition) is 0. The Morgan fingerprint density at radius 2 is 1.00 bits per heavy atom. The molecule has 0 aliphatic carbocycles. The van der Waals surface area contributed by atoms with Gasteiger partial charge in [0.25, 0.3) is 0 Å². The van der Waals surface area contributed by atoms with Gasteiger partial charge in [-0.05, 0) is 0 Å². The van der Waals surface area contributed by atoms with Crippen LogP contribution in [0, 0.1) is 0 Å². The Kier molecular flexibility index (Phi) is 49.8. The van der Waals surface area contributed by atoms with Gasteiger partial charge in [0.05, 0.1) is 0 Å². The van der Waals surface area contributed by atoms with Crippen LogP contribution in [-0.2, 0) is 29.4 Å². The van der Waals surface area contributed by atoms with Crippen molar-refractivity contribution in [2.45, 2.75) is 0 Å². The van der Waals surface area contributed by atoms with Crippen molar-refractivity contribution in [1.29, 1.82) is 0 Å². The molecule has 0 saturated heterocycles. The fourth-order valence-corrected chi connectivity index (χ4v) is 0. The topological polar surface area (TPSA) is 9.23 Å². The van der Waals surface area contributed by atoms with Gasteiger partial charge in [-0.2, -0.15) is 0 Å². The van der Waals surface area contributed by atoms with E-state index >= 15 is 0 Å². The van der Waals surface area contributed by atoms with E-state index < -0.39 is 0 Å². The largest absolute Gasteiger partial charge is 1.00 e. The molecule has 0 heterocycles. The van der Waals surface area contributed by atoms with Crippen LogP contribution >= 0.6 is 0 Å². The van der Waals surface area contributed by atoms with E-state index in [1.54, 1.807) is 0 Å². The zero-order valence-electron chi connectivity index (χ0n) is 3.22. The van der Waals surface area contributed by atoms with Gasteiger partial charge in [0.2, 0.25) is 0 Å². The van der Waals surface area contributed by atoms with Crippen LogP contribution in [0.5, 0.6) is 0 Å². The van der Waals surface area contributed by atoms with Crippen molar-refractivity contribution in [3.8, 4) is 0 Å². The minimum Gasteiger partial charge on any atom is -0.682 e. The molecule has 0 aromatic carbocycles. The molecule has 0 atom stereocenters. The average Bonchev–Trinajstić information content (AvgIpc) is 0.918. The Morgan fingerprint density at radius 3 is 1.00 bits per heavy atom. The van der Waals surface area contributed by atoms with Crippen LogP contribution in [0.1, 0.15) is 0 Å². The molecule has 0 aliphatic heterocycles. The van der Waals surface area contributed by atoms with Gasteiger partial charge in [-0.15, -0.1) is 0 Å². The maximum atomic E-state index is 3.71. The Labute approximate surface area is 87.0 Å². The molecular weight excluding hydrogens is 126 g/mol. The molecule has 5 heavy (non-hydrogen) atoms. The molecule has 0 fully saturated rings. The first-order valence-electron chi connectivity index (χ1n) is 0.333. The standard InChI is InChI=1S/2Na.H2OS2/c;;2-1-3/h;;2-3H/q2*+1;/p-2. The van der Waals surface area contributed by atoms with Crippen LogP contribution in [0.2, 0.25) is 0 Å². The van der Waals surface area contributed by atoms with E-state index in [0.717, 1.165) is 0 Å². The predicted octanol–water partition coefficient (Wildman–Crippen LogP) is -6.07. The average molecular weight is 126 g/mol. The van der Waals surface area contributed by atoms with E-state index in [1.807, 2.05) is 0 Å². The summed E-state index contributed by atoms with van der Waals surface area (Å²) in [5, 5.41) is 0. The van der Waals surface area contributed by atoms with Crippen LogP contribution in [0.25, 0.3) is 0 Å². The quantitative estimate of drug-likeness (QED) is 0.236. The third-order valence-electron chi connectivity index (χ3n) is 0. The molecule has 0 unspecified atom stereocenters. The summed E-state index contributed by atoms with van der Waals surface area (Å²) in [4.78, 5) is 0. The van der Waals surface area contributed by atoms with Crippen LogP contribution in [0.3, 0.4) is 0 Å². The van der Waals surface area contributed by atoms with Gasteiger partial charge in [-0.3, -0.25) is 0 Å². The SMILES string of the molecule is [Na+].[Na+].[S-]O[S-]. The maximum absolute atomic E-state index is 3.71. The molecule has 20 valence electrons. The summed E-state index contributed by atoms with van der Waals surface area (Å²) in [5.74, 6) is 0. The van der Waals surface area contributed by atoms with Crippen LogP contribution in [-0.4, -0.2) is 0 Å². The zero-order valence-corrected chi connectivity index (χ0v) is 8.86. The first-order valence-corrected chi connectivity index (χ1v) is 1.00. The smallest absolute Gasteiger partial charge is 0.682 e. The summed E-state index contributed by atoms with van der Waals surface area (Å²) in [5.41, 5.74) is 0. The van der Waals surface area contributed by atoms with E-state index in [9.17, 15) is 0 Å². The van der Waals surface area contributed by atoms with Gasteiger partial charge in [0.15, 0.2) is 0 Å². The number of rotatable bonds is 0. The minimum absolute atomic E-state index is 0. The fourth-order valence-electron chi connectivity index (χ4n) is 0. The first kappa shape index (κ1) is 15.6. The van der Waals surface area contributed by atoms with E-state index in [2.05, 4.69) is 29.4 Å². The fraction of sp³-hybridized carbons (Fsp3) is 0. The second kappa shape index (κ2) is 15.9. The number of hydrogen-bond acceptors (Lipinski definition) is 3. The van der Waals surface area contributed by atoms with Gasteiger partial charge < -0.3 is 29.4 Å². The third kappa shape index (κ3) is 20.4. The van der Waals surface area contributed by atoms with Gasteiger partial charge >= 0.3 is 59.1 Å². The summed E-state index contributed by atoms with van der Waals surface area (Å²) in [6, 6.07) is 0. The van der Waals surface area contributed by atoms with Gasteiger partial charge in [-0.1, -0.05) is 0 Å². The van der Waals surface area contributed by atoms with E-state index in [0.29, 0.717) is 0 Å². The van der Waals surface area contributed by atoms with Crippen molar-refractivity contribution in [3.63, 3.8) is 0 Å². The summed E-state index contributed by atoms with van der Waals surface area (Å²) >= 11 is 7.42. The third-order valence-corrected chi connectivity index (χ3v) is 0. The molecule has 1 nitrogen and oxygen atoms in total. The Bertz CT molecular complexity index is 7.61. The molecule has 0 aliphatic rings. The zero-order chi connectivity index (χ0) is 2.71. The van der Waals surface area contributed by atoms with E-state index in [-0.39, 0.29) is 59.1 Å². The van der Waals surface area contributed by atoms with Crippen molar-refractivity contribution in [3.05, 3.63) is 0 Å². The Hall–Kier alpha value is 2.66. The van der Waals surface area contributed by atoms with Gasteiger partial charge in [0, 0.05) is 0 Å². The molecule has 0 amide bonds. The maximum Gasteiger partial charge on any atom is 1.00 e. The second-order valence-corrected chi connectivity index (χ2v) is 0.612. The van der Waals surface area contributed by atoms with Crippen molar-refractivity contribution < 1.29 is 62.7 Å². The Balaban J connectivity index is -0.0000000200. The van der Waals surface area contributed by atoms with Crippen molar-refractivity contribution in [1.82, 2.24) is 0 Å². The predicted molar refractivity (Wildman–Crippen MR) is 15.8 cm³/mol. The normalized spacial score (nSPS) is 3.60. The summed E-state index contributed by atoms with van der Waals surface area (Å²) in [7, 11) is 0. The molecule has 0 N–H and O–H groups in total. The van der Waals surface area contributed by atoms with Crippen molar-refractivity contribution in [2.75, 3.05) is 0 Å². The van der Waals surface area contributed by atoms with Crippen molar-refractivity contribution >= 4 is 25.8 Å². The molecule has 5 heteroatoms. The van der Waals surface area contributed by atoms with Crippen LogP contribution in [0.15, 0.2) is 0 Å². The first-order chi connectivity index (χ1) is 1.41. The molecule has 0 radical (unpaired) electrons. The molecule has 0 spiro atoms. The molecule has 0 saturated carbocycles. The summed E-state index contributed by atoms with van der Waals surface area (Å²) in [6.45, 7) is 0. The Morgan fingerprint density at radius 1 is 1.00 bits per heavy atom. The van der Waals surface area contributed by atoms with E-state index in [4.69, 9.17) is 0 Å². The molecule has 0 aromatic rings. The molecular formula is Na2OS2.